The number of piperazine rings is 1. The summed E-state index contributed by atoms with van der Waals surface area (Å²) in [6, 6.07) is 9.91. The molecule has 2 aromatic heterocycles. The molecule has 2 aromatic rings. The van der Waals surface area contributed by atoms with E-state index in [2.05, 4.69) is 25.8 Å². The van der Waals surface area contributed by atoms with E-state index in [0.717, 1.165) is 63.7 Å². The summed E-state index contributed by atoms with van der Waals surface area (Å²) in [5.74, 6) is 2.09. The predicted octanol–water partition coefficient (Wildman–Crippen LogP) is 2.43. The van der Waals surface area contributed by atoms with Crippen molar-refractivity contribution in [3.05, 3.63) is 48.3 Å². The van der Waals surface area contributed by atoms with Crippen LogP contribution < -0.4 is 9.80 Å². The number of hydrogen-bond acceptors (Lipinski definition) is 5. The number of pyridine rings is 2. The quantitative estimate of drug-likeness (QED) is 0.850. The molecule has 0 atom stereocenters. The summed E-state index contributed by atoms with van der Waals surface area (Å²) in [5.41, 5.74) is 0.697. The molecule has 6 heteroatoms. The van der Waals surface area contributed by atoms with Crippen molar-refractivity contribution < 1.29 is 4.79 Å². The molecule has 0 saturated carbocycles. The summed E-state index contributed by atoms with van der Waals surface area (Å²) in [5, 5.41) is 0. The van der Waals surface area contributed by atoms with Gasteiger partial charge in [0.2, 0.25) is 0 Å². The Bertz CT molecular complexity index is 720. The van der Waals surface area contributed by atoms with E-state index in [4.69, 9.17) is 0 Å². The lowest BCUT2D eigenvalue weighted by Crippen LogP contribution is -2.47. The van der Waals surface area contributed by atoms with Crippen LogP contribution in [0.3, 0.4) is 0 Å². The van der Waals surface area contributed by atoms with Crippen LogP contribution in [0.25, 0.3) is 0 Å². The van der Waals surface area contributed by atoms with Crippen LogP contribution in [0.15, 0.2) is 42.7 Å². The van der Waals surface area contributed by atoms with Crippen molar-refractivity contribution in [2.24, 2.45) is 0 Å². The third-order valence-electron chi connectivity index (χ3n) is 5.22. The molecule has 2 saturated heterocycles. The Morgan fingerprint density at radius 3 is 2.04 bits per heavy atom. The Morgan fingerprint density at radius 2 is 1.46 bits per heavy atom. The molecule has 0 aromatic carbocycles. The summed E-state index contributed by atoms with van der Waals surface area (Å²) in [6.45, 7) is 5.40. The molecule has 136 valence electrons. The van der Waals surface area contributed by atoms with E-state index >= 15 is 0 Å². The zero-order chi connectivity index (χ0) is 17.8. The summed E-state index contributed by atoms with van der Waals surface area (Å²) < 4.78 is 0. The van der Waals surface area contributed by atoms with Crippen LogP contribution in [-0.4, -0.2) is 60.0 Å². The minimum absolute atomic E-state index is 0.115. The summed E-state index contributed by atoms with van der Waals surface area (Å²) in [4.78, 5) is 28.1. The normalized spacial score (nSPS) is 18.1. The first kappa shape index (κ1) is 16.8. The summed E-state index contributed by atoms with van der Waals surface area (Å²) in [6.07, 6.45) is 7.01. The predicted molar refractivity (Wildman–Crippen MR) is 103 cm³/mol. The van der Waals surface area contributed by atoms with Gasteiger partial charge >= 0.3 is 0 Å². The van der Waals surface area contributed by atoms with Gasteiger partial charge in [0.1, 0.15) is 11.6 Å². The highest BCUT2D eigenvalue weighted by molar-refractivity contribution is 5.94. The lowest BCUT2D eigenvalue weighted by Gasteiger charge is -2.36. The molecular formula is C20H25N5O. The highest BCUT2D eigenvalue weighted by Gasteiger charge is 2.21. The molecule has 2 aliphatic heterocycles. The van der Waals surface area contributed by atoms with E-state index < -0.39 is 0 Å². The van der Waals surface area contributed by atoms with Crippen molar-refractivity contribution in [3.8, 4) is 0 Å². The molecule has 0 aliphatic carbocycles. The second-order valence-electron chi connectivity index (χ2n) is 6.92. The van der Waals surface area contributed by atoms with Gasteiger partial charge in [-0.25, -0.2) is 9.97 Å². The molecule has 1 amide bonds. The number of rotatable bonds is 3. The van der Waals surface area contributed by atoms with Crippen LogP contribution in [0.1, 0.15) is 29.6 Å². The Labute approximate surface area is 154 Å². The molecular weight excluding hydrogens is 326 g/mol. The molecule has 4 rings (SSSR count). The number of carbonyl (C=O) groups excluding carboxylic acids is 1. The maximum absolute atomic E-state index is 12.5. The molecule has 0 radical (unpaired) electrons. The van der Waals surface area contributed by atoms with Gasteiger partial charge in [-0.2, -0.15) is 0 Å². The van der Waals surface area contributed by atoms with Crippen LogP contribution in [0.4, 0.5) is 11.6 Å². The molecule has 0 spiro atoms. The topological polar surface area (TPSA) is 52.6 Å². The minimum atomic E-state index is 0.115. The lowest BCUT2D eigenvalue weighted by atomic mass is 10.1. The highest BCUT2D eigenvalue weighted by Crippen LogP contribution is 2.19. The van der Waals surface area contributed by atoms with Gasteiger partial charge in [-0.1, -0.05) is 6.07 Å². The highest BCUT2D eigenvalue weighted by atomic mass is 16.2. The van der Waals surface area contributed by atoms with Gasteiger partial charge in [-0.15, -0.1) is 0 Å². The zero-order valence-electron chi connectivity index (χ0n) is 15.0. The van der Waals surface area contributed by atoms with Gasteiger partial charge in [-0.05, 0) is 43.5 Å². The number of amides is 1. The average Bonchev–Trinajstić information content (AvgIpc) is 2.75. The fourth-order valence-corrected chi connectivity index (χ4v) is 3.68. The molecule has 2 aliphatic rings. The molecule has 6 nitrogen and oxygen atoms in total. The van der Waals surface area contributed by atoms with Crippen LogP contribution >= 0.6 is 0 Å². The van der Waals surface area contributed by atoms with E-state index in [1.807, 2.05) is 35.4 Å². The Kier molecular flexibility index (Phi) is 5.00. The number of carbonyl (C=O) groups is 1. The van der Waals surface area contributed by atoms with Gasteiger partial charge in [0.25, 0.3) is 5.91 Å². The summed E-state index contributed by atoms with van der Waals surface area (Å²) >= 11 is 0. The molecule has 0 N–H and O–H groups in total. The van der Waals surface area contributed by atoms with Crippen molar-refractivity contribution in [1.29, 1.82) is 0 Å². The number of nitrogens with zero attached hydrogens (tertiary/aromatic N) is 5. The third kappa shape index (κ3) is 3.64. The van der Waals surface area contributed by atoms with Crippen LogP contribution in [0.5, 0.6) is 0 Å². The van der Waals surface area contributed by atoms with Gasteiger partial charge < -0.3 is 14.7 Å². The Balaban J connectivity index is 1.36. The standard InChI is InChI=1S/C20H25N5O/c26-20(25-10-4-1-5-11-25)17-7-8-19(22-16-17)24-14-12-23(13-15-24)18-6-2-3-9-21-18/h2-3,6-9,16H,1,4-5,10-15H2. The Hall–Kier alpha value is -2.63. The first-order valence-corrected chi connectivity index (χ1v) is 9.47. The molecule has 2 fully saturated rings. The van der Waals surface area contributed by atoms with Gasteiger partial charge in [-0.3, -0.25) is 4.79 Å². The van der Waals surface area contributed by atoms with E-state index in [9.17, 15) is 4.79 Å². The maximum Gasteiger partial charge on any atom is 0.255 e. The smallest absolute Gasteiger partial charge is 0.255 e. The van der Waals surface area contributed by atoms with E-state index in [1.165, 1.54) is 6.42 Å². The number of piperidine rings is 1. The number of likely N-dealkylation sites (tertiary alicyclic amines) is 1. The number of hydrogen-bond donors (Lipinski definition) is 0. The van der Waals surface area contributed by atoms with Crippen molar-refractivity contribution in [3.63, 3.8) is 0 Å². The second-order valence-corrected chi connectivity index (χ2v) is 6.92. The van der Waals surface area contributed by atoms with Gasteiger partial charge in [0, 0.05) is 51.7 Å². The van der Waals surface area contributed by atoms with E-state index in [0.29, 0.717) is 5.56 Å². The average molecular weight is 351 g/mol. The van der Waals surface area contributed by atoms with Crippen LogP contribution in [-0.2, 0) is 0 Å². The van der Waals surface area contributed by atoms with E-state index in [1.54, 1.807) is 6.20 Å². The lowest BCUT2D eigenvalue weighted by molar-refractivity contribution is 0.0724. The molecule has 26 heavy (non-hydrogen) atoms. The number of anilines is 2. The molecule has 0 bridgehead atoms. The van der Waals surface area contributed by atoms with Crippen molar-refractivity contribution in [1.82, 2.24) is 14.9 Å². The van der Waals surface area contributed by atoms with Crippen LogP contribution in [0.2, 0.25) is 0 Å². The van der Waals surface area contributed by atoms with E-state index in [-0.39, 0.29) is 5.91 Å². The van der Waals surface area contributed by atoms with Gasteiger partial charge in [0.05, 0.1) is 5.56 Å². The van der Waals surface area contributed by atoms with Crippen molar-refractivity contribution in [2.45, 2.75) is 19.3 Å². The fourth-order valence-electron chi connectivity index (χ4n) is 3.68. The molecule has 0 unspecified atom stereocenters. The fraction of sp³-hybridized carbons (Fsp3) is 0.450. The Morgan fingerprint density at radius 1 is 0.769 bits per heavy atom. The maximum atomic E-state index is 12.5. The van der Waals surface area contributed by atoms with Crippen molar-refractivity contribution in [2.75, 3.05) is 49.1 Å². The minimum Gasteiger partial charge on any atom is -0.353 e. The van der Waals surface area contributed by atoms with Gasteiger partial charge in [0.15, 0.2) is 0 Å². The SMILES string of the molecule is O=C(c1ccc(N2CCN(c3ccccn3)CC2)nc1)N1CCCCC1. The number of aromatic nitrogens is 2. The van der Waals surface area contributed by atoms with Crippen molar-refractivity contribution >= 4 is 17.5 Å². The largest absolute Gasteiger partial charge is 0.353 e. The monoisotopic (exact) mass is 351 g/mol. The second kappa shape index (κ2) is 7.72. The first-order valence-electron chi connectivity index (χ1n) is 9.47. The summed E-state index contributed by atoms with van der Waals surface area (Å²) in [7, 11) is 0. The molecule has 4 heterocycles. The first-order chi connectivity index (χ1) is 12.8. The third-order valence-corrected chi connectivity index (χ3v) is 5.22. The van der Waals surface area contributed by atoms with Crippen LogP contribution in [0, 0.1) is 0 Å². The zero-order valence-corrected chi connectivity index (χ0v) is 15.0.